The highest BCUT2D eigenvalue weighted by Crippen LogP contribution is 2.07. The highest BCUT2D eigenvalue weighted by molar-refractivity contribution is 4.72. The summed E-state index contributed by atoms with van der Waals surface area (Å²) in [6.07, 6.45) is 1.34. The van der Waals surface area contributed by atoms with Gasteiger partial charge in [0.1, 0.15) is 0 Å². The van der Waals surface area contributed by atoms with Gasteiger partial charge in [-0.1, -0.05) is 13.8 Å². The van der Waals surface area contributed by atoms with Crippen molar-refractivity contribution in [2.75, 3.05) is 52.9 Å². The summed E-state index contributed by atoms with van der Waals surface area (Å²) in [6.45, 7) is 11.7. The third-order valence-corrected chi connectivity index (χ3v) is 3.19. The third kappa shape index (κ3) is 6.36. The number of likely N-dealkylation sites (N-methyl/N-ethyl adjacent to an activating group) is 1. The molecule has 1 aliphatic rings. The number of nitrogens with zero attached hydrogens (tertiary/aromatic N) is 2. The number of ether oxygens (including phenoxy) is 1. The number of hydrogen-bond acceptors (Lipinski definition) is 4. The second-order valence-electron chi connectivity index (χ2n) is 5.53. The molecule has 1 atom stereocenters. The van der Waals surface area contributed by atoms with E-state index in [1.807, 2.05) is 0 Å². The van der Waals surface area contributed by atoms with Crippen molar-refractivity contribution in [3.63, 3.8) is 0 Å². The summed E-state index contributed by atoms with van der Waals surface area (Å²) in [4.78, 5) is 4.92. The van der Waals surface area contributed by atoms with Gasteiger partial charge in [0.15, 0.2) is 0 Å². The first-order chi connectivity index (χ1) is 8.11. The van der Waals surface area contributed by atoms with Gasteiger partial charge >= 0.3 is 0 Å². The van der Waals surface area contributed by atoms with Gasteiger partial charge in [-0.2, -0.15) is 0 Å². The first kappa shape index (κ1) is 14.9. The average molecular weight is 243 g/mol. The number of nitrogens with two attached hydrogens (primary N) is 1. The Morgan fingerprint density at radius 3 is 2.88 bits per heavy atom. The molecular weight excluding hydrogens is 214 g/mol. The molecular formula is C13H29N3O. The first-order valence-electron chi connectivity index (χ1n) is 6.84. The van der Waals surface area contributed by atoms with E-state index in [-0.39, 0.29) is 0 Å². The quantitative estimate of drug-likeness (QED) is 0.712. The van der Waals surface area contributed by atoms with E-state index in [1.54, 1.807) is 0 Å². The van der Waals surface area contributed by atoms with Gasteiger partial charge in [0.05, 0.1) is 12.7 Å². The molecule has 1 saturated heterocycles. The van der Waals surface area contributed by atoms with Gasteiger partial charge in [-0.05, 0) is 25.9 Å². The third-order valence-electron chi connectivity index (χ3n) is 3.19. The van der Waals surface area contributed by atoms with Gasteiger partial charge < -0.3 is 15.4 Å². The number of hydrogen-bond donors (Lipinski definition) is 1. The smallest absolute Gasteiger partial charge is 0.0714 e. The lowest BCUT2D eigenvalue weighted by Crippen LogP contribution is -2.46. The molecule has 0 amide bonds. The molecule has 102 valence electrons. The minimum Gasteiger partial charge on any atom is -0.376 e. The summed E-state index contributed by atoms with van der Waals surface area (Å²) in [5.41, 5.74) is 5.58. The first-order valence-corrected chi connectivity index (χ1v) is 6.84. The zero-order valence-corrected chi connectivity index (χ0v) is 11.7. The van der Waals surface area contributed by atoms with Gasteiger partial charge in [0.25, 0.3) is 0 Å². The summed E-state index contributed by atoms with van der Waals surface area (Å²) in [6, 6.07) is 0. The van der Waals surface area contributed by atoms with Crippen LogP contribution in [0.25, 0.3) is 0 Å². The second kappa shape index (κ2) is 8.03. The van der Waals surface area contributed by atoms with Crippen molar-refractivity contribution in [3.05, 3.63) is 0 Å². The molecule has 1 unspecified atom stereocenters. The molecule has 2 N–H and O–H groups in total. The fraction of sp³-hybridized carbons (Fsp3) is 1.00. The van der Waals surface area contributed by atoms with Crippen LogP contribution in [0.15, 0.2) is 0 Å². The summed E-state index contributed by atoms with van der Waals surface area (Å²) < 4.78 is 5.68. The van der Waals surface area contributed by atoms with E-state index in [0.717, 1.165) is 51.7 Å². The zero-order chi connectivity index (χ0) is 12.7. The normalized spacial score (nSPS) is 22.6. The van der Waals surface area contributed by atoms with Crippen LogP contribution in [-0.2, 0) is 4.74 Å². The Kier molecular flexibility index (Phi) is 7.04. The largest absolute Gasteiger partial charge is 0.376 e. The fourth-order valence-corrected chi connectivity index (χ4v) is 2.37. The summed E-state index contributed by atoms with van der Waals surface area (Å²) >= 11 is 0. The highest BCUT2D eigenvalue weighted by Gasteiger charge is 2.19. The Balaban J connectivity index is 2.17. The predicted octanol–water partition coefficient (Wildman–Crippen LogP) is 0.624. The molecule has 0 aliphatic carbocycles. The minimum absolute atomic E-state index is 0.351. The van der Waals surface area contributed by atoms with Gasteiger partial charge in [0.2, 0.25) is 0 Å². The minimum atomic E-state index is 0.351. The van der Waals surface area contributed by atoms with Crippen LogP contribution in [0.2, 0.25) is 0 Å². The SMILES string of the molecule is CC(C)CN(C)CCN1CCOC(CCN)C1. The fourth-order valence-electron chi connectivity index (χ4n) is 2.37. The van der Waals surface area contributed by atoms with Crippen molar-refractivity contribution >= 4 is 0 Å². The molecule has 4 nitrogen and oxygen atoms in total. The molecule has 1 fully saturated rings. The molecule has 17 heavy (non-hydrogen) atoms. The van der Waals surface area contributed by atoms with Crippen LogP contribution in [0.3, 0.4) is 0 Å². The van der Waals surface area contributed by atoms with Crippen molar-refractivity contribution in [2.24, 2.45) is 11.7 Å². The predicted molar refractivity (Wildman–Crippen MR) is 72.2 cm³/mol. The molecule has 1 heterocycles. The lowest BCUT2D eigenvalue weighted by Gasteiger charge is -2.34. The Morgan fingerprint density at radius 2 is 2.24 bits per heavy atom. The molecule has 0 saturated carbocycles. The highest BCUT2D eigenvalue weighted by atomic mass is 16.5. The van der Waals surface area contributed by atoms with Gasteiger partial charge in [-0.25, -0.2) is 0 Å². The van der Waals surface area contributed by atoms with Gasteiger partial charge in [-0.15, -0.1) is 0 Å². The van der Waals surface area contributed by atoms with E-state index in [9.17, 15) is 0 Å². The molecule has 0 aromatic carbocycles. The van der Waals surface area contributed by atoms with Crippen LogP contribution in [0.1, 0.15) is 20.3 Å². The summed E-state index contributed by atoms with van der Waals surface area (Å²) in [7, 11) is 2.21. The molecule has 1 rings (SSSR count). The second-order valence-corrected chi connectivity index (χ2v) is 5.53. The molecule has 1 aliphatic heterocycles. The average Bonchev–Trinajstić information content (AvgIpc) is 2.26. The van der Waals surface area contributed by atoms with Crippen LogP contribution >= 0.6 is 0 Å². The molecule has 0 radical (unpaired) electrons. The molecule has 0 aromatic rings. The molecule has 4 heteroatoms. The van der Waals surface area contributed by atoms with Gasteiger partial charge in [-0.3, -0.25) is 4.90 Å². The van der Waals surface area contributed by atoms with E-state index in [2.05, 4.69) is 30.7 Å². The van der Waals surface area contributed by atoms with E-state index in [1.165, 1.54) is 6.54 Å². The lowest BCUT2D eigenvalue weighted by molar-refractivity contribution is -0.0324. The zero-order valence-electron chi connectivity index (χ0n) is 11.7. The van der Waals surface area contributed by atoms with Crippen molar-refractivity contribution in [3.8, 4) is 0 Å². The summed E-state index contributed by atoms with van der Waals surface area (Å²) in [5, 5.41) is 0. The standard InChI is InChI=1S/C13H29N3O/c1-12(2)10-15(3)6-7-16-8-9-17-13(11-16)4-5-14/h12-13H,4-11,14H2,1-3H3. The number of rotatable bonds is 7. The summed E-state index contributed by atoms with van der Waals surface area (Å²) in [5.74, 6) is 0.745. The maximum Gasteiger partial charge on any atom is 0.0714 e. The Labute approximate surface area is 106 Å². The Morgan fingerprint density at radius 1 is 1.47 bits per heavy atom. The van der Waals surface area contributed by atoms with Crippen molar-refractivity contribution in [1.29, 1.82) is 0 Å². The monoisotopic (exact) mass is 243 g/mol. The van der Waals surface area contributed by atoms with E-state index in [4.69, 9.17) is 10.5 Å². The Hall–Kier alpha value is -0.160. The Bertz CT molecular complexity index is 197. The van der Waals surface area contributed by atoms with Crippen LogP contribution < -0.4 is 5.73 Å². The van der Waals surface area contributed by atoms with Crippen LogP contribution in [0.4, 0.5) is 0 Å². The van der Waals surface area contributed by atoms with E-state index >= 15 is 0 Å². The van der Waals surface area contributed by atoms with Crippen LogP contribution in [0, 0.1) is 5.92 Å². The van der Waals surface area contributed by atoms with Crippen LogP contribution in [-0.4, -0.2) is 68.8 Å². The topological polar surface area (TPSA) is 41.7 Å². The van der Waals surface area contributed by atoms with Crippen molar-refractivity contribution in [2.45, 2.75) is 26.4 Å². The van der Waals surface area contributed by atoms with E-state index in [0.29, 0.717) is 6.10 Å². The number of morpholine rings is 1. The molecule has 0 spiro atoms. The van der Waals surface area contributed by atoms with Crippen molar-refractivity contribution in [1.82, 2.24) is 9.80 Å². The maximum absolute atomic E-state index is 5.68. The van der Waals surface area contributed by atoms with Crippen molar-refractivity contribution < 1.29 is 4.74 Å². The van der Waals surface area contributed by atoms with E-state index < -0.39 is 0 Å². The molecule has 0 bridgehead atoms. The molecule has 0 aromatic heterocycles. The maximum atomic E-state index is 5.68. The van der Waals surface area contributed by atoms with Crippen LogP contribution in [0.5, 0.6) is 0 Å². The lowest BCUT2D eigenvalue weighted by atomic mass is 10.2. The van der Waals surface area contributed by atoms with Gasteiger partial charge in [0, 0.05) is 32.7 Å².